The molecule has 0 aliphatic rings. The van der Waals surface area contributed by atoms with Gasteiger partial charge in [-0.3, -0.25) is 4.98 Å². The number of hydrogen-bond donors (Lipinski definition) is 2. The first-order valence-corrected chi connectivity index (χ1v) is 10.2. The first-order valence-electron chi connectivity index (χ1n) is 9.80. The first-order chi connectivity index (χ1) is 13.2. The van der Waals surface area contributed by atoms with Crippen molar-refractivity contribution < 1.29 is 5.11 Å². The molecule has 0 saturated heterocycles. The maximum atomic E-state index is 10.2. The van der Waals surface area contributed by atoms with Gasteiger partial charge in [0.1, 0.15) is 5.75 Å². The van der Waals surface area contributed by atoms with Crippen LogP contribution < -0.4 is 5.32 Å². The molecule has 4 heteroatoms. The second-order valence-corrected chi connectivity index (χ2v) is 7.44. The summed E-state index contributed by atoms with van der Waals surface area (Å²) < 4.78 is 0. The SMILES string of the molecule is CCCCCCCCc1cc(Nc2ccnc3cc(Cl)ccc23)ccc1O. The molecule has 27 heavy (non-hydrogen) atoms. The van der Waals surface area contributed by atoms with Crippen molar-refractivity contribution in [2.24, 2.45) is 0 Å². The zero-order valence-electron chi connectivity index (χ0n) is 15.8. The molecular weight excluding hydrogens is 356 g/mol. The van der Waals surface area contributed by atoms with Crippen LogP contribution in [-0.2, 0) is 6.42 Å². The predicted molar refractivity (Wildman–Crippen MR) is 115 cm³/mol. The summed E-state index contributed by atoms with van der Waals surface area (Å²) in [4.78, 5) is 4.38. The zero-order valence-corrected chi connectivity index (χ0v) is 16.6. The Balaban J connectivity index is 1.69. The Kier molecular flexibility index (Phi) is 6.94. The van der Waals surface area contributed by atoms with Crippen LogP contribution in [0.1, 0.15) is 51.0 Å². The second-order valence-electron chi connectivity index (χ2n) is 7.01. The average Bonchev–Trinajstić information content (AvgIpc) is 2.67. The minimum atomic E-state index is 0.375. The number of phenols is 1. The number of unbranched alkanes of at least 4 members (excludes halogenated alkanes) is 5. The molecule has 2 N–H and O–H groups in total. The van der Waals surface area contributed by atoms with Gasteiger partial charge in [0.05, 0.1) is 5.52 Å². The molecular formula is C23H27ClN2O. The Morgan fingerprint density at radius 2 is 1.78 bits per heavy atom. The van der Waals surface area contributed by atoms with Gasteiger partial charge < -0.3 is 10.4 Å². The van der Waals surface area contributed by atoms with E-state index in [0.717, 1.165) is 40.7 Å². The zero-order chi connectivity index (χ0) is 19.1. The Bertz CT molecular complexity index is 895. The molecule has 0 aliphatic carbocycles. The van der Waals surface area contributed by atoms with Gasteiger partial charge in [0, 0.05) is 28.0 Å². The fraction of sp³-hybridized carbons (Fsp3) is 0.348. The van der Waals surface area contributed by atoms with Crippen molar-refractivity contribution in [3.8, 4) is 5.75 Å². The Morgan fingerprint density at radius 3 is 2.63 bits per heavy atom. The normalized spacial score (nSPS) is 11.0. The molecule has 0 fully saturated rings. The van der Waals surface area contributed by atoms with Gasteiger partial charge in [-0.1, -0.05) is 50.6 Å². The molecule has 1 heterocycles. The molecule has 0 saturated carbocycles. The van der Waals surface area contributed by atoms with E-state index >= 15 is 0 Å². The number of fused-ring (bicyclic) bond motifs is 1. The standard InChI is InChI=1S/C23H27ClN2O/c1-2-3-4-5-6-7-8-17-15-19(10-12-23(17)27)26-21-13-14-25-22-16-18(24)9-11-20(21)22/h9-16,27H,2-8H2,1H3,(H,25,26). The number of nitrogens with zero attached hydrogens (tertiary/aromatic N) is 1. The van der Waals surface area contributed by atoms with Gasteiger partial charge in [-0.05, 0) is 60.9 Å². The van der Waals surface area contributed by atoms with Crippen LogP contribution in [-0.4, -0.2) is 10.1 Å². The topological polar surface area (TPSA) is 45.2 Å². The van der Waals surface area contributed by atoms with Crippen LogP contribution in [0.4, 0.5) is 11.4 Å². The number of halogens is 1. The molecule has 0 spiro atoms. The highest BCUT2D eigenvalue weighted by Crippen LogP contribution is 2.30. The predicted octanol–water partition coefficient (Wildman–Crippen LogP) is 7.24. The van der Waals surface area contributed by atoms with Crippen LogP contribution in [0.2, 0.25) is 5.02 Å². The van der Waals surface area contributed by atoms with E-state index in [1.54, 1.807) is 12.3 Å². The van der Waals surface area contributed by atoms with Gasteiger partial charge >= 0.3 is 0 Å². The maximum Gasteiger partial charge on any atom is 0.118 e. The Morgan fingerprint density at radius 1 is 0.963 bits per heavy atom. The highest BCUT2D eigenvalue weighted by Gasteiger charge is 2.06. The van der Waals surface area contributed by atoms with Crippen molar-refractivity contribution in [2.45, 2.75) is 51.9 Å². The van der Waals surface area contributed by atoms with Crippen LogP contribution in [0.3, 0.4) is 0 Å². The van der Waals surface area contributed by atoms with E-state index in [0.29, 0.717) is 10.8 Å². The molecule has 3 rings (SSSR count). The highest BCUT2D eigenvalue weighted by atomic mass is 35.5. The lowest BCUT2D eigenvalue weighted by Gasteiger charge is -2.12. The monoisotopic (exact) mass is 382 g/mol. The molecule has 1 aromatic heterocycles. The molecule has 0 aliphatic heterocycles. The highest BCUT2D eigenvalue weighted by molar-refractivity contribution is 6.31. The lowest BCUT2D eigenvalue weighted by molar-refractivity contribution is 0.466. The van der Waals surface area contributed by atoms with E-state index in [2.05, 4.69) is 17.2 Å². The van der Waals surface area contributed by atoms with Crippen molar-refractivity contribution >= 4 is 33.9 Å². The number of nitrogens with one attached hydrogen (secondary N) is 1. The molecule has 3 nitrogen and oxygen atoms in total. The van der Waals surface area contributed by atoms with Crippen LogP contribution in [0.5, 0.6) is 5.75 Å². The summed E-state index contributed by atoms with van der Waals surface area (Å²) in [6.07, 6.45) is 10.2. The molecule has 2 aromatic carbocycles. The maximum absolute atomic E-state index is 10.2. The molecule has 142 valence electrons. The number of anilines is 2. The third-order valence-electron chi connectivity index (χ3n) is 4.86. The number of aromatic nitrogens is 1. The van der Waals surface area contributed by atoms with Crippen LogP contribution in [0.15, 0.2) is 48.7 Å². The fourth-order valence-electron chi connectivity index (χ4n) is 3.35. The van der Waals surface area contributed by atoms with E-state index in [1.165, 1.54) is 32.1 Å². The fourth-order valence-corrected chi connectivity index (χ4v) is 3.51. The van der Waals surface area contributed by atoms with Gasteiger partial charge in [-0.2, -0.15) is 0 Å². The van der Waals surface area contributed by atoms with Gasteiger partial charge in [0.15, 0.2) is 0 Å². The molecule has 0 atom stereocenters. The van der Waals surface area contributed by atoms with Crippen LogP contribution in [0.25, 0.3) is 10.9 Å². The lowest BCUT2D eigenvalue weighted by atomic mass is 10.0. The molecule has 0 radical (unpaired) electrons. The summed E-state index contributed by atoms with van der Waals surface area (Å²) in [5.74, 6) is 0.375. The van der Waals surface area contributed by atoms with Crippen LogP contribution in [0, 0.1) is 0 Å². The lowest BCUT2D eigenvalue weighted by Crippen LogP contribution is -1.95. The number of hydrogen-bond acceptors (Lipinski definition) is 3. The van der Waals surface area contributed by atoms with E-state index in [-0.39, 0.29) is 0 Å². The minimum Gasteiger partial charge on any atom is -0.508 e. The smallest absolute Gasteiger partial charge is 0.118 e. The van der Waals surface area contributed by atoms with Gasteiger partial charge in [0.2, 0.25) is 0 Å². The van der Waals surface area contributed by atoms with E-state index in [4.69, 9.17) is 11.6 Å². The summed E-state index contributed by atoms with van der Waals surface area (Å²) in [5.41, 5.74) is 3.81. The molecule has 0 bridgehead atoms. The van der Waals surface area contributed by atoms with E-state index in [1.807, 2.05) is 36.4 Å². The first kappa shape index (κ1) is 19.5. The van der Waals surface area contributed by atoms with E-state index in [9.17, 15) is 5.11 Å². The molecule has 3 aromatic rings. The number of aryl methyl sites for hydroxylation is 1. The number of pyridine rings is 1. The number of phenolic OH excluding ortho intramolecular Hbond substituents is 1. The number of aromatic hydroxyl groups is 1. The molecule has 0 amide bonds. The summed E-state index contributed by atoms with van der Waals surface area (Å²) in [5, 5.41) is 15.3. The van der Waals surface area contributed by atoms with Gasteiger partial charge in [-0.15, -0.1) is 0 Å². The summed E-state index contributed by atoms with van der Waals surface area (Å²) in [7, 11) is 0. The molecule has 0 unspecified atom stereocenters. The van der Waals surface area contributed by atoms with Crippen LogP contribution >= 0.6 is 11.6 Å². The van der Waals surface area contributed by atoms with Crippen molar-refractivity contribution in [1.29, 1.82) is 0 Å². The third kappa shape index (κ3) is 5.36. The third-order valence-corrected chi connectivity index (χ3v) is 5.10. The quantitative estimate of drug-likeness (QED) is 0.303. The van der Waals surface area contributed by atoms with Crippen molar-refractivity contribution in [2.75, 3.05) is 5.32 Å². The van der Waals surface area contributed by atoms with Crippen molar-refractivity contribution in [1.82, 2.24) is 4.98 Å². The second kappa shape index (κ2) is 9.61. The summed E-state index contributed by atoms with van der Waals surface area (Å²) in [6, 6.07) is 13.4. The summed E-state index contributed by atoms with van der Waals surface area (Å²) in [6.45, 7) is 2.23. The van der Waals surface area contributed by atoms with Gasteiger partial charge in [-0.25, -0.2) is 0 Å². The number of rotatable bonds is 9. The van der Waals surface area contributed by atoms with Crippen molar-refractivity contribution in [3.63, 3.8) is 0 Å². The largest absolute Gasteiger partial charge is 0.508 e. The average molecular weight is 383 g/mol. The summed E-state index contributed by atoms with van der Waals surface area (Å²) >= 11 is 6.07. The van der Waals surface area contributed by atoms with E-state index < -0.39 is 0 Å². The van der Waals surface area contributed by atoms with Gasteiger partial charge in [0.25, 0.3) is 0 Å². The number of benzene rings is 2. The minimum absolute atomic E-state index is 0.375. The Hall–Kier alpha value is -2.26. The Labute approximate surface area is 166 Å². The van der Waals surface area contributed by atoms with Crippen molar-refractivity contribution in [3.05, 3.63) is 59.2 Å².